The van der Waals surface area contributed by atoms with Crippen molar-refractivity contribution in [3.8, 4) is 5.95 Å². The molecular formula is C11H18N8O. The highest BCUT2D eigenvalue weighted by Crippen LogP contribution is 2.11. The molecule has 0 amide bonds. The van der Waals surface area contributed by atoms with E-state index in [1.54, 1.807) is 18.5 Å². The first-order valence-electron chi connectivity index (χ1n) is 6.37. The second-order valence-electron chi connectivity index (χ2n) is 4.14. The predicted molar refractivity (Wildman–Crippen MR) is 74.2 cm³/mol. The van der Waals surface area contributed by atoms with E-state index in [0.717, 1.165) is 6.42 Å². The quantitative estimate of drug-likeness (QED) is 0.409. The summed E-state index contributed by atoms with van der Waals surface area (Å²) in [6.07, 6.45) is 4.82. The number of aliphatic hydroxyl groups excluding tert-OH is 1. The summed E-state index contributed by atoms with van der Waals surface area (Å²) >= 11 is 0. The number of rotatable bonds is 7. The van der Waals surface area contributed by atoms with Gasteiger partial charge >= 0.3 is 0 Å². The van der Waals surface area contributed by atoms with Crippen molar-refractivity contribution in [3.63, 3.8) is 0 Å². The van der Waals surface area contributed by atoms with Crippen LogP contribution in [0, 0.1) is 0 Å². The highest BCUT2D eigenvalue weighted by atomic mass is 16.3. The van der Waals surface area contributed by atoms with Crippen LogP contribution in [0.4, 0.5) is 11.9 Å². The molecule has 0 bridgehead atoms. The Bertz CT molecular complexity index is 529. The van der Waals surface area contributed by atoms with Crippen molar-refractivity contribution in [2.75, 3.05) is 17.3 Å². The van der Waals surface area contributed by atoms with Gasteiger partial charge in [-0.25, -0.2) is 10.5 Å². The van der Waals surface area contributed by atoms with Gasteiger partial charge in [-0.1, -0.05) is 6.92 Å². The van der Waals surface area contributed by atoms with Gasteiger partial charge in [-0.05, 0) is 18.9 Å². The summed E-state index contributed by atoms with van der Waals surface area (Å²) in [5.74, 6) is 6.35. The maximum Gasteiger partial charge on any atom is 0.257 e. The van der Waals surface area contributed by atoms with Crippen molar-refractivity contribution in [3.05, 3.63) is 18.5 Å². The second kappa shape index (κ2) is 6.78. The van der Waals surface area contributed by atoms with Crippen molar-refractivity contribution in [1.82, 2.24) is 24.7 Å². The maximum atomic E-state index is 9.01. The highest BCUT2D eigenvalue weighted by molar-refractivity contribution is 5.37. The summed E-state index contributed by atoms with van der Waals surface area (Å²) < 4.78 is 1.51. The minimum absolute atomic E-state index is 0.0819. The normalized spacial score (nSPS) is 12.2. The molecule has 0 fully saturated rings. The maximum absolute atomic E-state index is 9.01. The van der Waals surface area contributed by atoms with Gasteiger partial charge in [0.1, 0.15) is 0 Å². The number of nitrogens with zero attached hydrogens (tertiary/aromatic N) is 5. The summed E-state index contributed by atoms with van der Waals surface area (Å²) in [7, 11) is 0. The molecule has 2 aromatic rings. The molecule has 1 atom stereocenters. The van der Waals surface area contributed by atoms with Crippen LogP contribution in [0.3, 0.4) is 0 Å². The Kier molecular flexibility index (Phi) is 4.80. The van der Waals surface area contributed by atoms with Crippen molar-refractivity contribution < 1.29 is 5.11 Å². The number of hydrogen-bond acceptors (Lipinski definition) is 8. The van der Waals surface area contributed by atoms with E-state index < -0.39 is 0 Å². The molecule has 0 saturated carbocycles. The molecule has 20 heavy (non-hydrogen) atoms. The van der Waals surface area contributed by atoms with Crippen LogP contribution in [0.5, 0.6) is 0 Å². The third-order valence-corrected chi connectivity index (χ3v) is 2.77. The summed E-state index contributed by atoms with van der Waals surface area (Å²) in [6.45, 7) is 2.12. The zero-order valence-electron chi connectivity index (χ0n) is 11.2. The van der Waals surface area contributed by atoms with Crippen LogP contribution >= 0.6 is 0 Å². The van der Waals surface area contributed by atoms with Gasteiger partial charge in [-0.15, -0.1) is 0 Å². The van der Waals surface area contributed by atoms with Gasteiger partial charge < -0.3 is 10.4 Å². The van der Waals surface area contributed by atoms with Gasteiger partial charge in [0.05, 0.1) is 0 Å². The van der Waals surface area contributed by atoms with Gasteiger partial charge in [-0.2, -0.15) is 20.1 Å². The van der Waals surface area contributed by atoms with Crippen LogP contribution in [0.2, 0.25) is 0 Å². The number of nitrogens with one attached hydrogen (secondary N) is 2. The van der Waals surface area contributed by atoms with Crippen LogP contribution in [-0.4, -0.2) is 42.5 Å². The van der Waals surface area contributed by atoms with Gasteiger partial charge in [0.15, 0.2) is 0 Å². The summed E-state index contributed by atoms with van der Waals surface area (Å²) in [6, 6.07) is 1.85. The number of nitrogens with two attached hydrogens (primary N) is 1. The van der Waals surface area contributed by atoms with E-state index in [9.17, 15) is 0 Å². The fraction of sp³-hybridized carbons (Fsp3) is 0.455. The molecule has 0 radical (unpaired) electrons. The average Bonchev–Trinajstić information content (AvgIpc) is 3.00. The standard InChI is InChI=1S/C11H18N8O/c1-2-8(4-7-20)14-9-15-10(18-12)17-11(16-9)19-6-3-5-13-19/h3,5-6,8,20H,2,4,7,12H2,1H3,(H2,14,15,16,17,18). The number of nitrogen functional groups attached to an aromatic ring is 1. The Hall–Kier alpha value is -2.26. The van der Waals surface area contributed by atoms with Crippen molar-refractivity contribution in [2.45, 2.75) is 25.8 Å². The first-order valence-corrected chi connectivity index (χ1v) is 6.37. The summed E-state index contributed by atoms with van der Waals surface area (Å²) in [5.41, 5.74) is 2.40. The lowest BCUT2D eigenvalue weighted by atomic mass is 10.2. The van der Waals surface area contributed by atoms with Gasteiger partial charge in [0.2, 0.25) is 11.9 Å². The Morgan fingerprint density at radius 1 is 1.35 bits per heavy atom. The SMILES string of the molecule is CCC(CCO)Nc1nc(NN)nc(-n2cccn2)n1. The minimum Gasteiger partial charge on any atom is -0.396 e. The molecule has 108 valence electrons. The van der Waals surface area contributed by atoms with Crippen LogP contribution < -0.4 is 16.6 Å². The first-order chi connectivity index (χ1) is 9.76. The molecule has 5 N–H and O–H groups in total. The Balaban J connectivity index is 2.26. The van der Waals surface area contributed by atoms with Crippen LogP contribution in [0.25, 0.3) is 5.95 Å². The fourth-order valence-corrected chi connectivity index (χ4v) is 1.70. The largest absolute Gasteiger partial charge is 0.396 e. The topological polar surface area (TPSA) is 127 Å². The number of aromatic nitrogens is 5. The molecule has 9 heteroatoms. The van der Waals surface area contributed by atoms with Crippen LogP contribution in [0.1, 0.15) is 19.8 Å². The Morgan fingerprint density at radius 3 is 2.75 bits per heavy atom. The average molecular weight is 278 g/mol. The molecule has 0 aliphatic rings. The summed E-state index contributed by atoms with van der Waals surface area (Å²) in [4.78, 5) is 12.5. The third-order valence-electron chi connectivity index (χ3n) is 2.77. The molecular weight excluding hydrogens is 260 g/mol. The van der Waals surface area contributed by atoms with Gasteiger partial charge in [0.25, 0.3) is 5.95 Å². The molecule has 0 aliphatic carbocycles. The number of anilines is 2. The lowest BCUT2D eigenvalue weighted by Gasteiger charge is -2.16. The molecule has 1 unspecified atom stereocenters. The van der Waals surface area contributed by atoms with E-state index in [-0.39, 0.29) is 18.6 Å². The Morgan fingerprint density at radius 2 is 2.15 bits per heavy atom. The monoisotopic (exact) mass is 278 g/mol. The highest BCUT2D eigenvalue weighted by Gasteiger charge is 2.11. The lowest BCUT2D eigenvalue weighted by molar-refractivity contribution is 0.278. The predicted octanol–water partition coefficient (Wildman–Crippen LogP) is -0.0842. The Labute approximate surface area is 116 Å². The molecule has 0 saturated heterocycles. The first kappa shape index (κ1) is 14.2. The minimum atomic E-state index is 0.0819. The number of hydrogen-bond donors (Lipinski definition) is 4. The van der Waals surface area contributed by atoms with Crippen molar-refractivity contribution in [1.29, 1.82) is 0 Å². The third kappa shape index (κ3) is 3.39. The van der Waals surface area contributed by atoms with Crippen LogP contribution in [-0.2, 0) is 0 Å². The number of hydrazine groups is 1. The molecule has 0 spiro atoms. The zero-order valence-corrected chi connectivity index (χ0v) is 11.2. The fourth-order valence-electron chi connectivity index (χ4n) is 1.70. The van der Waals surface area contributed by atoms with Crippen molar-refractivity contribution in [2.24, 2.45) is 5.84 Å². The van der Waals surface area contributed by atoms with E-state index in [4.69, 9.17) is 10.9 Å². The zero-order chi connectivity index (χ0) is 14.4. The summed E-state index contributed by atoms with van der Waals surface area (Å²) in [5, 5.41) is 16.2. The smallest absolute Gasteiger partial charge is 0.257 e. The second-order valence-corrected chi connectivity index (χ2v) is 4.14. The molecule has 2 heterocycles. The lowest BCUT2D eigenvalue weighted by Crippen LogP contribution is -2.23. The van der Waals surface area contributed by atoms with Crippen LogP contribution in [0.15, 0.2) is 18.5 Å². The van der Waals surface area contributed by atoms with Gasteiger partial charge in [-0.3, -0.25) is 5.43 Å². The molecule has 2 rings (SSSR count). The van der Waals surface area contributed by atoms with E-state index in [2.05, 4.69) is 30.8 Å². The number of aliphatic hydroxyl groups is 1. The molecule has 0 aromatic carbocycles. The molecule has 0 aliphatic heterocycles. The molecule has 9 nitrogen and oxygen atoms in total. The van der Waals surface area contributed by atoms with E-state index in [0.29, 0.717) is 18.3 Å². The van der Waals surface area contributed by atoms with E-state index >= 15 is 0 Å². The van der Waals surface area contributed by atoms with E-state index in [1.165, 1.54) is 4.68 Å². The van der Waals surface area contributed by atoms with Gasteiger partial charge in [0, 0.05) is 25.0 Å². The molecule has 2 aromatic heterocycles. The van der Waals surface area contributed by atoms with E-state index in [1.807, 2.05) is 6.92 Å². The van der Waals surface area contributed by atoms with Crippen molar-refractivity contribution >= 4 is 11.9 Å².